The second-order valence-corrected chi connectivity index (χ2v) is 25.0. The number of rotatable bonds is 21. The Balaban J connectivity index is 1.06. The molecule has 6 rings (SSSR count). The number of amides is 1. The number of fused-ring (bicyclic) bond motifs is 1. The van der Waals surface area contributed by atoms with Gasteiger partial charge in [0.25, 0.3) is 0 Å². The molecule has 3 saturated heterocycles. The monoisotopic (exact) mass is 1200 g/mol. The number of hydrogen-bond acceptors (Lipinski definition) is 20. The van der Waals surface area contributed by atoms with Crippen molar-refractivity contribution >= 4 is 46.2 Å². The second kappa shape index (κ2) is 29.3. The van der Waals surface area contributed by atoms with Gasteiger partial charge in [-0.2, -0.15) is 0 Å². The van der Waals surface area contributed by atoms with Gasteiger partial charge in [0, 0.05) is 75.4 Å². The molecular weight excluding hydrogens is 1100 g/mol. The summed E-state index contributed by atoms with van der Waals surface area (Å²) in [5, 5.41) is 64.4. The van der Waals surface area contributed by atoms with Gasteiger partial charge in [-0.3, -0.25) is 9.59 Å². The Morgan fingerprint density at radius 1 is 0.916 bits per heavy atom. The van der Waals surface area contributed by atoms with E-state index in [9.17, 15) is 44.7 Å². The minimum atomic E-state index is -1.87. The fourth-order valence-electron chi connectivity index (χ4n) is 12.4. The predicted molar refractivity (Wildman–Crippen MR) is 310 cm³/mol. The minimum absolute atomic E-state index is 0.0199. The van der Waals surface area contributed by atoms with Crippen LogP contribution in [0.3, 0.4) is 0 Å². The number of nitrogens with zero attached hydrogens (tertiary/aromatic N) is 3. The molecule has 18 atom stereocenters. The standard InChI is InChI=1S/C59H96ClN5O18/c1-15-45-59(10,74)50(68)36(6)64(13)30-32(2)28-57(8,73)51(82-55-48(67)44(63(11)12)25-33(3)78-55)34(4)49(35(5)54(71)80-45)81-46-29-58(9,75-14)52(37(7)79-46)83-56(72)62-19-16-21-76-23-24-77-22-20-61-42-26-39-43(27-41(42)60)65(38-17-18-38)31-40(47(39)66)53(69)70/h26-27,31-38,44-46,48-52,55,61,67-68,73-74H,15-25,28-30H2,1-14H3,(H,62,72)(H,69,70)/t32-,33-,34+,35-,36-,37+,44?,45-,46+,48-,49+,50-,51-,52+,55+,57-,58-,59-/m1/s1. The number of ether oxygens (including phenoxy) is 9. The van der Waals surface area contributed by atoms with Crippen LogP contribution in [0.25, 0.3) is 10.9 Å². The highest BCUT2D eigenvalue weighted by Crippen LogP contribution is 2.42. The van der Waals surface area contributed by atoms with E-state index in [0.29, 0.717) is 55.4 Å². The van der Waals surface area contributed by atoms with Gasteiger partial charge in [0.05, 0.1) is 72.0 Å². The summed E-state index contributed by atoms with van der Waals surface area (Å²) in [6.07, 6.45) is -6.30. The molecule has 3 aliphatic heterocycles. The second-order valence-electron chi connectivity index (χ2n) is 24.6. The van der Waals surface area contributed by atoms with E-state index in [-0.39, 0.29) is 74.1 Å². The van der Waals surface area contributed by atoms with Crippen molar-refractivity contribution in [2.75, 3.05) is 79.6 Å². The van der Waals surface area contributed by atoms with E-state index >= 15 is 0 Å². The lowest BCUT2D eigenvalue weighted by molar-refractivity contribution is -0.317. The number of aliphatic hydroxyl groups is 4. The molecule has 1 amide bonds. The molecule has 83 heavy (non-hydrogen) atoms. The van der Waals surface area contributed by atoms with Crippen LogP contribution < -0.4 is 16.1 Å². The van der Waals surface area contributed by atoms with Crippen molar-refractivity contribution in [3.63, 3.8) is 0 Å². The first kappa shape index (κ1) is 68.3. The maximum atomic E-state index is 14.6. The first-order valence-corrected chi connectivity index (χ1v) is 29.8. The Labute approximate surface area is 493 Å². The van der Waals surface area contributed by atoms with Crippen LogP contribution in [-0.2, 0) is 47.4 Å². The predicted octanol–water partition coefficient (Wildman–Crippen LogP) is 5.17. The summed E-state index contributed by atoms with van der Waals surface area (Å²) in [7, 11) is 7.05. The van der Waals surface area contributed by atoms with Crippen molar-refractivity contribution in [3.8, 4) is 0 Å². The number of carboxylic acid groups (broad SMARTS) is 1. The highest BCUT2D eigenvalue weighted by atomic mass is 35.5. The summed E-state index contributed by atoms with van der Waals surface area (Å²) in [6.45, 7) is 19.6. The van der Waals surface area contributed by atoms with Crippen LogP contribution in [0.15, 0.2) is 23.1 Å². The summed E-state index contributed by atoms with van der Waals surface area (Å²) in [5.74, 6) is -4.18. The zero-order valence-corrected chi connectivity index (χ0v) is 51.9. The average molecular weight is 1200 g/mol. The lowest BCUT2D eigenvalue weighted by Crippen LogP contribution is -2.61. The van der Waals surface area contributed by atoms with Crippen molar-refractivity contribution in [2.24, 2.45) is 17.8 Å². The molecule has 0 radical (unpaired) electrons. The fourth-order valence-corrected chi connectivity index (χ4v) is 12.6. The molecule has 24 heteroatoms. The number of likely N-dealkylation sites (N-methyl/N-ethyl adjacent to an activating group) is 2. The summed E-state index contributed by atoms with van der Waals surface area (Å²) in [5.41, 5.74) is -4.47. The summed E-state index contributed by atoms with van der Waals surface area (Å²) in [6, 6.07) is 2.48. The van der Waals surface area contributed by atoms with Crippen LogP contribution in [-0.4, -0.2) is 223 Å². The lowest BCUT2D eigenvalue weighted by atomic mass is 9.77. The van der Waals surface area contributed by atoms with E-state index in [1.807, 2.05) is 49.4 Å². The number of pyridine rings is 1. The van der Waals surface area contributed by atoms with Gasteiger partial charge in [-0.05, 0) is 126 Å². The first-order valence-electron chi connectivity index (χ1n) is 29.5. The number of aromatic nitrogens is 1. The van der Waals surface area contributed by atoms with E-state index in [4.69, 9.17) is 54.2 Å². The van der Waals surface area contributed by atoms with Gasteiger partial charge >= 0.3 is 18.0 Å². The van der Waals surface area contributed by atoms with Crippen LogP contribution in [0.5, 0.6) is 0 Å². The molecule has 1 saturated carbocycles. The zero-order valence-electron chi connectivity index (χ0n) is 51.1. The molecule has 7 N–H and O–H groups in total. The van der Waals surface area contributed by atoms with Crippen LogP contribution in [0, 0.1) is 17.8 Å². The van der Waals surface area contributed by atoms with Crippen molar-refractivity contribution in [3.05, 3.63) is 39.1 Å². The average Bonchev–Trinajstić information content (AvgIpc) is 3.97. The molecule has 1 aromatic heterocycles. The Morgan fingerprint density at radius 3 is 2.22 bits per heavy atom. The van der Waals surface area contributed by atoms with Gasteiger partial charge in [0.2, 0.25) is 5.43 Å². The quantitative estimate of drug-likeness (QED) is 0.0627. The molecule has 472 valence electrons. The number of cyclic esters (lactones) is 1. The number of carboxylic acids is 1. The number of benzene rings is 1. The third-order valence-electron chi connectivity index (χ3n) is 17.4. The number of aliphatic hydroxyl groups excluding tert-OH is 2. The number of methoxy groups -OCH3 is 1. The Hall–Kier alpha value is -3.79. The first-order chi connectivity index (χ1) is 39.0. The number of aromatic carboxylic acids is 1. The van der Waals surface area contributed by atoms with Gasteiger partial charge in [-0.1, -0.05) is 32.4 Å². The number of carbonyl (C=O) groups is 3. The smallest absolute Gasteiger partial charge is 0.407 e. The summed E-state index contributed by atoms with van der Waals surface area (Å²) in [4.78, 5) is 56.6. The van der Waals surface area contributed by atoms with Crippen molar-refractivity contribution in [2.45, 2.75) is 211 Å². The normalized spacial score (nSPS) is 36.2. The third kappa shape index (κ3) is 16.8. The zero-order chi connectivity index (χ0) is 61.5. The van der Waals surface area contributed by atoms with Crippen molar-refractivity contribution < 1.29 is 82.5 Å². The number of nitrogens with one attached hydrogen (secondary N) is 2. The molecule has 0 spiro atoms. The highest BCUT2D eigenvalue weighted by Gasteiger charge is 2.54. The van der Waals surface area contributed by atoms with Crippen LogP contribution in [0.2, 0.25) is 5.02 Å². The largest absolute Gasteiger partial charge is 0.477 e. The fraction of sp³-hybridized carbons (Fsp3) is 0.797. The third-order valence-corrected chi connectivity index (χ3v) is 17.7. The van der Waals surface area contributed by atoms with Gasteiger partial charge < -0.3 is 93.2 Å². The van der Waals surface area contributed by atoms with Crippen molar-refractivity contribution in [1.82, 2.24) is 19.7 Å². The molecule has 4 aliphatic rings. The van der Waals surface area contributed by atoms with E-state index in [0.717, 1.165) is 12.8 Å². The molecule has 1 aliphatic carbocycles. The minimum Gasteiger partial charge on any atom is -0.477 e. The van der Waals surface area contributed by atoms with Gasteiger partial charge in [0.1, 0.15) is 35.1 Å². The Bertz CT molecular complexity index is 2530. The molecule has 2 aromatic rings. The molecular formula is C59H96ClN5O18. The molecule has 0 bridgehead atoms. The van der Waals surface area contributed by atoms with Gasteiger partial charge in [0.15, 0.2) is 18.7 Å². The Kier molecular flexibility index (Phi) is 24.1. The SMILES string of the molecule is CC[C@H]1OC(=O)[C@H](C)[C@@H](O[C@H]2C[C@@](C)(OC)[C@@H](OC(=O)NCCCOCCOCCNc3cc4c(=O)c(C(=O)O)cn(C5CC5)c4cc3Cl)[C@H](C)O2)[C@H](C)[C@@H](O[C@@H]2O[C@H](C)CC(N(C)C)[C@H]2O)[C@](C)(O)C[C@@H](C)CN(C)[C@H](C)[C@@H](O)[C@]1(C)O. The highest BCUT2D eigenvalue weighted by molar-refractivity contribution is 6.34. The van der Waals surface area contributed by atoms with Gasteiger partial charge in [-0.25, -0.2) is 9.59 Å². The molecule has 1 unspecified atom stereocenters. The van der Waals surface area contributed by atoms with Crippen LogP contribution in [0.1, 0.15) is 131 Å². The topological polar surface area (TPSA) is 288 Å². The molecule has 4 fully saturated rings. The van der Waals surface area contributed by atoms with Gasteiger partial charge in [-0.15, -0.1) is 0 Å². The molecule has 23 nitrogen and oxygen atoms in total. The number of carbonyl (C=O) groups excluding carboxylic acids is 2. The maximum Gasteiger partial charge on any atom is 0.407 e. The van der Waals surface area contributed by atoms with E-state index < -0.39 is 113 Å². The molecule has 1 aromatic carbocycles. The Morgan fingerprint density at radius 2 is 1.59 bits per heavy atom. The number of anilines is 1. The summed E-state index contributed by atoms with van der Waals surface area (Å²) < 4.78 is 57.9. The summed E-state index contributed by atoms with van der Waals surface area (Å²) >= 11 is 6.57. The number of esters is 1. The van der Waals surface area contributed by atoms with E-state index in [1.165, 1.54) is 20.2 Å². The van der Waals surface area contributed by atoms with E-state index in [2.05, 4.69) is 10.6 Å². The number of halogens is 1. The lowest BCUT2D eigenvalue weighted by Gasteiger charge is -2.49. The maximum absolute atomic E-state index is 14.6. The number of hydrogen-bond donors (Lipinski definition) is 7. The van der Waals surface area contributed by atoms with E-state index in [1.54, 1.807) is 60.6 Å². The van der Waals surface area contributed by atoms with Crippen LogP contribution in [0.4, 0.5) is 10.5 Å². The molecule has 4 heterocycles. The van der Waals surface area contributed by atoms with Crippen LogP contribution >= 0.6 is 11.6 Å². The number of alkyl carbamates (subject to hydrolysis) is 1. The van der Waals surface area contributed by atoms with Crippen molar-refractivity contribution in [1.29, 1.82) is 0 Å².